The predicted octanol–water partition coefficient (Wildman–Crippen LogP) is 3.33. The molecule has 2 rings (SSSR count). The number of hydrogen-bond donors (Lipinski definition) is 1. The topological polar surface area (TPSA) is 56.2 Å². The molecule has 1 aromatic carbocycles. The van der Waals surface area contributed by atoms with Gasteiger partial charge in [-0.05, 0) is 18.2 Å². The van der Waals surface area contributed by atoms with Gasteiger partial charge in [-0.1, -0.05) is 27.5 Å². The van der Waals surface area contributed by atoms with E-state index in [1.165, 1.54) is 24.4 Å². The highest BCUT2D eigenvalue weighted by molar-refractivity contribution is 9.10. The molecule has 0 aliphatic carbocycles. The van der Waals surface area contributed by atoms with Crippen molar-refractivity contribution in [3.05, 3.63) is 45.7 Å². The van der Waals surface area contributed by atoms with E-state index in [1.54, 1.807) is 10.9 Å². The van der Waals surface area contributed by atoms with Gasteiger partial charge in [-0.3, -0.25) is 9.48 Å². The summed E-state index contributed by atoms with van der Waals surface area (Å²) in [4.78, 5) is 12.1. The first-order valence-electron chi connectivity index (χ1n) is 6.16. The van der Waals surface area contributed by atoms with Gasteiger partial charge in [0.05, 0.1) is 23.3 Å². The second-order valence-corrected chi connectivity index (χ2v) is 5.55. The summed E-state index contributed by atoms with van der Waals surface area (Å²) in [5.41, 5.74) is 0.0215. The zero-order chi connectivity index (χ0) is 16.1. The Morgan fingerprint density at radius 2 is 2.27 bits per heavy atom. The SMILES string of the molecule is O=C(NCCn1cc(Cl)cn1)c1cc(Br)ccc1OC(F)F. The average Bonchev–Trinajstić information content (AvgIpc) is 2.86. The van der Waals surface area contributed by atoms with Crippen LogP contribution in [0.1, 0.15) is 10.4 Å². The molecular weight excluding hydrogens is 384 g/mol. The molecule has 9 heteroatoms. The number of rotatable bonds is 6. The number of benzene rings is 1. The number of carbonyl (C=O) groups is 1. The summed E-state index contributed by atoms with van der Waals surface area (Å²) >= 11 is 8.91. The van der Waals surface area contributed by atoms with Crippen molar-refractivity contribution in [2.75, 3.05) is 6.54 Å². The molecule has 0 aliphatic rings. The number of nitrogens with zero attached hydrogens (tertiary/aromatic N) is 2. The van der Waals surface area contributed by atoms with Crippen LogP contribution in [0.25, 0.3) is 0 Å². The van der Waals surface area contributed by atoms with Crippen LogP contribution < -0.4 is 10.1 Å². The Labute approximate surface area is 138 Å². The van der Waals surface area contributed by atoms with Crippen LogP contribution in [-0.2, 0) is 6.54 Å². The minimum atomic E-state index is -3.00. The van der Waals surface area contributed by atoms with Crippen LogP contribution in [0.15, 0.2) is 35.1 Å². The molecule has 0 spiro atoms. The third-order valence-corrected chi connectivity index (χ3v) is 3.32. The molecule has 2 aromatic rings. The number of alkyl halides is 2. The lowest BCUT2D eigenvalue weighted by atomic mass is 10.2. The van der Waals surface area contributed by atoms with Crippen molar-refractivity contribution in [2.45, 2.75) is 13.2 Å². The maximum atomic E-state index is 12.4. The van der Waals surface area contributed by atoms with Gasteiger partial charge < -0.3 is 10.1 Å². The summed E-state index contributed by atoms with van der Waals surface area (Å²) in [7, 11) is 0. The third kappa shape index (κ3) is 4.67. The fraction of sp³-hybridized carbons (Fsp3) is 0.231. The molecule has 5 nitrogen and oxygen atoms in total. The lowest BCUT2D eigenvalue weighted by Crippen LogP contribution is -2.28. The Bertz CT molecular complexity index is 666. The number of halogens is 4. The summed E-state index contributed by atoms with van der Waals surface area (Å²) in [6.07, 6.45) is 3.09. The summed E-state index contributed by atoms with van der Waals surface area (Å²) < 4.78 is 31.2. The van der Waals surface area contributed by atoms with Gasteiger partial charge in [-0.2, -0.15) is 13.9 Å². The minimum Gasteiger partial charge on any atom is -0.434 e. The Morgan fingerprint density at radius 3 is 2.91 bits per heavy atom. The highest BCUT2D eigenvalue weighted by atomic mass is 79.9. The number of amides is 1. The summed E-state index contributed by atoms with van der Waals surface area (Å²) in [5, 5.41) is 7.06. The largest absolute Gasteiger partial charge is 0.434 e. The molecule has 0 aliphatic heterocycles. The van der Waals surface area contributed by atoms with Gasteiger partial charge in [-0.25, -0.2) is 0 Å². The van der Waals surface area contributed by atoms with Crippen LogP contribution in [-0.4, -0.2) is 28.8 Å². The molecule has 0 unspecified atom stereocenters. The Hall–Kier alpha value is -1.67. The molecule has 0 fully saturated rings. The van der Waals surface area contributed by atoms with Crippen molar-refractivity contribution >= 4 is 33.4 Å². The molecular formula is C13H11BrClF2N3O2. The van der Waals surface area contributed by atoms with Gasteiger partial charge in [0.2, 0.25) is 0 Å². The lowest BCUT2D eigenvalue weighted by Gasteiger charge is -2.11. The van der Waals surface area contributed by atoms with Crippen molar-refractivity contribution in [3.8, 4) is 5.75 Å². The molecule has 0 saturated heterocycles. The van der Waals surface area contributed by atoms with Crippen molar-refractivity contribution in [3.63, 3.8) is 0 Å². The molecule has 1 heterocycles. The Morgan fingerprint density at radius 1 is 1.50 bits per heavy atom. The zero-order valence-corrected chi connectivity index (χ0v) is 13.4. The van der Waals surface area contributed by atoms with E-state index in [0.717, 1.165) is 0 Å². The fourth-order valence-electron chi connectivity index (χ4n) is 1.72. The van der Waals surface area contributed by atoms with E-state index < -0.39 is 12.5 Å². The number of aromatic nitrogens is 2. The molecule has 0 atom stereocenters. The highest BCUT2D eigenvalue weighted by Crippen LogP contribution is 2.24. The molecule has 0 radical (unpaired) electrons. The average molecular weight is 395 g/mol. The van der Waals surface area contributed by atoms with E-state index in [2.05, 4.69) is 31.1 Å². The maximum absolute atomic E-state index is 12.4. The molecule has 0 bridgehead atoms. The first-order valence-corrected chi connectivity index (χ1v) is 7.33. The number of nitrogens with one attached hydrogen (secondary N) is 1. The molecule has 1 amide bonds. The molecule has 22 heavy (non-hydrogen) atoms. The van der Waals surface area contributed by atoms with Crippen molar-refractivity contribution in [2.24, 2.45) is 0 Å². The summed E-state index contributed by atoms with van der Waals surface area (Å²) in [5.74, 6) is -0.701. The first-order chi connectivity index (χ1) is 10.5. The predicted molar refractivity (Wildman–Crippen MR) is 80.3 cm³/mol. The monoisotopic (exact) mass is 393 g/mol. The van der Waals surface area contributed by atoms with Crippen LogP contribution in [0.4, 0.5) is 8.78 Å². The minimum absolute atomic E-state index is 0.0215. The second-order valence-electron chi connectivity index (χ2n) is 4.20. The fourth-order valence-corrected chi connectivity index (χ4v) is 2.24. The van der Waals surface area contributed by atoms with Crippen molar-refractivity contribution < 1.29 is 18.3 Å². The first kappa shape index (κ1) is 16.7. The maximum Gasteiger partial charge on any atom is 0.387 e. The standard InChI is InChI=1S/C13H11BrClF2N3O2/c14-8-1-2-11(22-13(16)17)10(5-8)12(21)18-3-4-20-7-9(15)6-19-20/h1-2,5-7,13H,3-4H2,(H,18,21). The zero-order valence-electron chi connectivity index (χ0n) is 11.1. The Balaban J connectivity index is 2.00. The summed E-state index contributed by atoms with van der Waals surface area (Å²) in [6.45, 7) is -2.34. The second kappa shape index (κ2) is 7.55. The highest BCUT2D eigenvalue weighted by Gasteiger charge is 2.16. The van der Waals surface area contributed by atoms with Gasteiger partial charge in [0.25, 0.3) is 5.91 Å². The lowest BCUT2D eigenvalue weighted by molar-refractivity contribution is -0.0501. The number of hydrogen-bond acceptors (Lipinski definition) is 3. The molecule has 1 N–H and O–H groups in total. The van der Waals surface area contributed by atoms with Crippen LogP contribution >= 0.6 is 27.5 Å². The van der Waals surface area contributed by atoms with Gasteiger partial charge in [0.1, 0.15) is 5.75 Å². The van der Waals surface area contributed by atoms with Crippen molar-refractivity contribution in [1.82, 2.24) is 15.1 Å². The molecule has 0 saturated carbocycles. The van der Waals surface area contributed by atoms with Crippen LogP contribution in [0.5, 0.6) is 5.75 Å². The van der Waals surface area contributed by atoms with Crippen LogP contribution in [0.2, 0.25) is 5.02 Å². The van der Waals surface area contributed by atoms with E-state index in [0.29, 0.717) is 16.0 Å². The van der Waals surface area contributed by atoms with Crippen LogP contribution in [0, 0.1) is 0 Å². The Kier molecular flexibility index (Phi) is 5.73. The van der Waals surface area contributed by atoms with E-state index in [4.69, 9.17) is 11.6 Å². The van der Waals surface area contributed by atoms with E-state index in [-0.39, 0.29) is 17.9 Å². The normalized spacial score (nSPS) is 10.8. The van der Waals surface area contributed by atoms with Gasteiger partial charge in [0, 0.05) is 17.2 Å². The van der Waals surface area contributed by atoms with Gasteiger partial charge in [-0.15, -0.1) is 0 Å². The quantitative estimate of drug-likeness (QED) is 0.818. The van der Waals surface area contributed by atoms with Crippen molar-refractivity contribution in [1.29, 1.82) is 0 Å². The number of ether oxygens (including phenoxy) is 1. The summed E-state index contributed by atoms with van der Waals surface area (Å²) in [6, 6.07) is 4.23. The van der Waals surface area contributed by atoms with Gasteiger partial charge >= 0.3 is 6.61 Å². The molecule has 118 valence electrons. The smallest absolute Gasteiger partial charge is 0.387 e. The molecule has 1 aromatic heterocycles. The van der Waals surface area contributed by atoms with Gasteiger partial charge in [0.15, 0.2) is 0 Å². The van der Waals surface area contributed by atoms with E-state index >= 15 is 0 Å². The number of carbonyl (C=O) groups excluding carboxylic acids is 1. The van der Waals surface area contributed by atoms with E-state index in [1.807, 2.05) is 0 Å². The van der Waals surface area contributed by atoms with E-state index in [9.17, 15) is 13.6 Å². The third-order valence-electron chi connectivity index (χ3n) is 2.63. The van der Waals surface area contributed by atoms with Crippen LogP contribution in [0.3, 0.4) is 0 Å².